The molecule has 0 fully saturated rings. The fourth-order valence-electron chi connectivity index (χ4n) is 1.19. The molecule has 8 nitrogen and oxygen atoms in total. The van der Waals surface area contributed by atoms with Crippen LogP contribution in [-0.2, 0) is 9.59 Å². The van der Waals surface area contributed by atoms with E-state index >= 15 is 0 Å². The molecule has 92 valence electrons. The summed E-state index contributed by atoms with van der Waals surface area (Å²) in [6, 6.07) is 2.41. The Hall–Kier alpha value is -2.38. The van der Waals surface area contributed by atoms with E-state index in [9.17, 15) is 19.7 Å². The number of carboxylic acid groups (broad SMARTS) is 1. The zero-order valence-corrected chi connectivity index (χ0v) is 8.74. The summed E-state index contributed by atoms with van der Waals surface area (Å²) < 4.78 is 4.80. The zero-order chi connectivity index (χ0) is 12.8. The van der Waals surface area contributed by atoms with E-state index in [1.54, 1.807) is 0 Å². The first-order valence-electron chi connectivity index (χ1n) is 4.72. The molecule has 1 N–H and O–H groups in total. The van der Waals surface area contributed by atoms with E-state index in [0.29, 0.717) is 6.41 Å². The number of aliphatic carboxylic acids is 1. The summed E-state index contributed by atoms with van der Waals surface area (Å²) in [6.07, 6.45) is 0.583. The molecule has 1 rings (SSSR count). The van der Waals surface area contributed by atoms with Gasteiger partial charge in [-0.15, -0.1) is 0 Å². The van der Waals surface area contributed by atoms with Gasteiger partial charge in [-0.3, -0.25) is 24.6 Å². The second-order valence-electron chi connectivity index (χ2n) is 3.17. The number of rotatable bonds is 7. The highest BCUT2D eigenvalue weighted by Crippen LogP contribution is 2.22. The molecule has 0 saturated heterocycles. The highest BCUT2D eigenvalue weighted by Gasteiger charge is 2.16. The maximum Gasteiger partial charge on any atom is 0.434 e. The third-order valence-electron chi connectivity index (χ3n) is 1.96. The molecule has 0 unspecified atom stereocenters. The fraction of sp³-hybridized carbons (Fsp3) is 0.333. The molecule has 1 aromatic heterocycles. The smallest absolute Gasteiger partial charge is 0.434 e. The Labute approximate surface area is 95.6 Å². The van der Waals surface area contributed by atoms with Crippen LogP contribution in [0.25, 0.3) is 0 Å². The lowest BCUT2D eigenvalue weighted by Crippen LogP contribution is -2.22. The molecule has 0 spiro atoms. The molecule has 1 heterocycles. The Bertz CT molecular complexity index is 427. The summed E-state index contributed by atoms with van der Waals surface area (Å²) >= 11 is 0. The minimum absolute atomic E-state index is 0.0251. The summed E-state index contributed by atoms with van der Waals surface area (Å²) in [5, 5.41) is 18.8. The molecule has 0 aromatic carbocycles. The molecule has 1 amide bonds. The first-order valence-corrected chi connectivity index (χ1v) is 4.72. The van der Waals surface area contributed by atoms with E-state index in [0.717, 1.165) is 11.0 Å². The number of hydrogen-bond donors (Lipinski definition) is 1. The minimum Gasteiger partial charge on any atom is -0.481 e. The van der Waals surface area contributed by atoms with Crippen LogP contribution in [0.3, 0.4) is 0 Å². The van der Waals surface area contributed by atoms with E-state index in [2.05, 4.69) is 0 Å². The molecule has 0 aliphatic rings. The van der Waals surface area contributed by atoms with Gasteiger partial charge in [0.05, 0.1) is 6.07 Å². The maximum absolute atomic E-state index is 10.7. The number of hydrogen-bond acceptors (Lipinski definition) is 5. The molecule has 1 aromatic rings. The van der Waals surface area contributed by atoms with E-state index in [-0.39, 0.29) is 25.3 Å². The lowest BCUT2D eigenvalue weighted by atomic mass is 10.3. The number of carbonyl (C=O) groups is 2. The molecular weight excluding hydrogens is 232 g/mol. The molecule has 0 bridgehead atoms. The summed E-state index contributed by atoms with van der Waals surface area (Å²) in [5.74, 6) is -1.41. The monoisotopic (exact) mass is 242 g/mol. The average molecular weight is 242 g/mol. The maximum atomic E-state index is 10.7. The minimum atomic E-state index is -0.971. The Morgan fingerprint density at radius 1 is 1.59 bits per heavy atom. The number of carbonyl (C=O) groups excluding carboxylic acids is 1. The molecule has 0 aliphatic heterocycles. The van der Waals surface area contributed by atoms with Gasteiger partial charge in [0.15, 0.2) is 0 Å². The summed E-state index contributed by atoms with van der Waals surface area (Å²) in [5.41, 5.74) is 0. The fourth-order valence-corrected chi connectivity index (χ4v) is 1.19. The number of carboxylic acids is 1. The number of furan rings is 1. The molecule has 17 heavy (non-hydrogen) atoms. The Morgan fingerprint density at radius 3 is 2.76 bits per heavy atom. The van der Waals surface area contributed by atoms with Gasteiger partial charge < -0.3 is 9.52 Å². The van der Waals surface area contributed by atoms with Gasteiger partial charge in [-0.05, 0) is 6.42 Å². The van der Waals surface area contributed by atoms with Crippen molar-refractivity contribution in [2.45, 2.75) is 12.8 Å². The Kier molecular flexibility index (Phi) is 4.21. The third-order valence-corrected chi connectivity index (χ3v) is 1.96. The van der Waals surface area contributed by atoms with Crippen LogP contribution in [0.15, 0.2) is 16.5 Å². The third kappa shape index (κ3) is 3.59. The SMILES string of the molecule is O=CN(CCCC(=O)O)c1ccc([N+](=O)[O-])o1. The van der Waals surface area contributed by atoms with Gasteiger partial charge in [0.2, 0.25) is 12.3 Å². The van der Waals surface area contributed by atoms with Gasteiger partial charge in [0.1, 0.15) is 4.92 Å². The van der Waals surface area contributed by atoms with Crippen LogP contribution in [0.1, 0.15) is 12.8 Å². The standard InChI is InChI=1S/C9H10N2O6/c12-6-10(5-1-2-9(13)14)7-3-4-8(17-7)11(15)16/h3-4,6H,1-2,5H2,(H,13,14). The molecule has 0 radical (unpaired) electrons. The van der Waals surface area contributed by atoms with Crippen molar-refractivity contribution in [3.8, 4) is 0 Å². The number of nitro groups is 1. The summed E-state index contributed by atoms with van der Waals surface area (Å²) in [4.78, 5) is 31.7. The van der Waals surface area contributed by atoms with Gasteiger partial charge in [0, 0.05) is 19.0 Å². The highest BCUT2D eigenvalue weighted by molar-refractivity contribution is 5.72. The predicted molar refractivity (Wildman–Crippen MR) is 55.6 cm³/mol. The predicted octanol–water partition coefficient (Wildman–Crippen LogP) is 1.02. The molecule has 0 aliphatic carbocycles. The van der Waals surface area contributed by atoms with Crippen LogP contribution in [0.5, 0.6) is 0 Å². The first-order chi connectivity index (χ1) is 8.04. The van der Waals surface area contributed by atoms with E-state index in [1.165, 1.54) is 6.07 Å². The van der Waals surface area contributed by atoms with E-state index < -0.39 is 16.8 Å². The Balaban J connectivity index is 2.62. The molecule has 8 heteroatoms. The van der Waals surface area contributed by atoms with Crippen molar-refractivity contribution in [3.63, 3.8) is 0 Å². The number of anilines is 1. The van der Waals surface area contributed by atoms with Crippen molar-refractivity contribution in [1.82, 2.24) is 0 Å². The molecule has 0 atom stereocenters. The normalized spacial score (nSPS) is 9.88. The van der Waals surface area contributed by atoms with Crippen molar-refractivity contribution in [3.05, 3.63) is 22.2 Å². The van der Waals surface area contributed by atoms with Crippen LogP contribution < -0.4 is 4.90 Å². The van der Waals surface area contributed by atoms with Crippen molar-refractivity contribution >= 4 is 24.1 Å². The Morgan fingerprint density at radius 2 is 2.29 bits per heavy atom. The van der Waals surface area contributed by atoms with Gasteiger partial charge in [0.25, 0.3) is 0 Å². The largest absolute Gasteiger partial charge is 0.481 e. The van der Waals surface area contributed by atoms with Gasteiger partial charge >= 0.3 is 11.9 Å². The van der Waals surface area contributed by atoms with Gasteiger partial charge in [-0.25, -0.2) is 0 Å². The number of amides is 1. The van der Waals surface area contributed by atoms with E-state index in [1.807, 2.05) is 0 Å². The summed E-state index contributed by atoms with van der Waals surface area (Å²) in [6.45, 7) is 0.125. The van der Waals surface area contributed by atoms with Crippen LogP contribution in [0.4, 0.5) is 11.8 Å². The number of nitrogens with zero attached hydrogens (tertiary/aromatic N) is 2. The summed E-state index contributed by atoms with van der Waals surface area (Å²) in [7, 11) is 0. The molecular formula is C9H10N2O6. The average Bonchev–Trinajstić information content (AvgIpc) is 2.73. The van der Waals surface area contributed by atoms with E-state index in [4.69, 9.17) is 9.52 Å². The second kappa shape index (κ2) is 5.64. The lowest BCUT2D eigenvalue weighted by molar-refractivity contribution is -0.401. The molecule has 0 saturated carbocycles. The zero-order valence-electron chi connectivity index (χ0n) is 8.74. The lowest BCUT2D eigenvalue weighted by Gasteiger charge is -2.12. The van der Waals surface area contributed by atoms with Crippen LogP contribution in [0.2, 0.25) is 0 Å². The van der Waals surface area contributed by atoms with Crippen LogP contribution >= 0.6 is 0 Å². The quantitative estimate of drug-likeness (QED) is 0.433. The van der Waals surface area contributed by atoms with Crippen molar-refractivity contribution < 1.29 is 24.0 Å². The van der Waals surface area contributed by atoms with Gasteiger partial charge in [-0.2, -0.15) is 0 Å². The van der Waals surface area contributed by atoms with Crippen molar-refractivity contribution in [1.29, 1.82) is 0 Å². The topological polar surface area (TPSA) is 114 Å². The van der Waals surface area contributed by atoms with Crippen molar-refractivity contribution in [2.24, 2.45) is 0 Å². The first kappa shape index (κ1) is 12.7. The van der Waals surface area contributed by atoms with Crippen LogP contribution in [0, 0.1) is 10.1 Å². The van der Waals surface area contributed by atoms with Crippen LogP contribution in [-0.4, -0.2) is 29.0 Å². The highest BCUT2D eigenvalue weighted by atomic mass is 16.6. The van der Waals surface area contributed by atoms with Crippen molar-refractivity contribution in [2.75, 3.05) is 11.4 Å². The van der Waals surface area contributed by atoms with Gasteiger partial charge in [-0.1, -0.05) is 0 Å². The second-order valence-corrected chi connectivity index (χ2v) is 3.17.